The van der Waals surface area contributed by atoms with Crippen LogP contribution < -0.4 is 5.32 Å². The first kappa shape index (κ1) is 16.4. The normalized spacial score (nSPS) is 10.3. The number of phenols is 1. The first-order chi connectivity index (χ1) is 10.3. The van der Waals surface area contributed by atoms with Crippen LogP contribution in [0.1, 0.15) is 10.4 Å². The summed E-state index contributed by atoms with van der Waals surface area (Å²) in [4.78, 5) is 22.1. The Morgan fingerprint density at radius 1 is 1.09 bits per heavy atom. The van der Waals surface area contributed by atoms with Crippen LogP contribution in [-0.4, -0.2) is 15.9 Å². The summed E-state index contributed by atoms with van der Waals surface area (Å²) in [6.45, 7) is 0. The molecule has 0 bridgehead atoms. The fraction of sp³-hybridized carbons (Fsp3) is 0. The van der Waals surface area contributed by atoms with Crippen molar-refractivity contribution in [3.8, 4) is 5.75 Å². The molecule has 22 heavy (non-hydrogen) atoms. The van der Waals surface area contributed by atoms with Gasteiger partial charge >= 0.3 is 5.69 Å². The zero-order valence-corrected chi connectivity index (χ0v) is 12.9. The SMILES string of the molecule is O=C(Nc1ccc(Cl)c(Cl)c1)c1ccc(Cl)c([N+](=O)[O-])c1O. The molecular formula is C13H7Cl3N2O4. The predicted octanol–water partition coefficient (Wildman–Crippen LogP) is 4.51. The van der Waals surface area contributed by atoms with Gasteiger partial charge < -0.3 is 10.4 Å². The lowest BCUT2D eigenvalue weighted by Crippen LogP contribution is -2.12. The van der Waals surface area contributed by atoms with Gasteiger partial charge in [-0.1, -0.05) is 34.8 Å². The number of benzene rings is 2. The topological polar surface area (TPSA) is 92.5 Å². The Balaban J connectivity index is 2.36. The third kappa shape index (κ3) is 3.24. The van der Waals surface area contributed by atoms with Crippen LogP contribution in [0.5, 0.6) is 5.75 Å². The highest BCUT2D eigenvalue weighted by molar-refractivity contribution is 6.42. The maximum atomic E-state index is 12.1. The van der Waals surface area contributed by atoms with Crippen molar-refractivity contribution in [1.82, 2.24) is 0 Å². The van der Waals surface area contributed by atoms with Crippen molar-refractivity contribution in [2.24, 2.45) is 0 Å². The molecule has 0 aliphatic heterocycles. The Morgan fingerprint density at radius 3 is 2.32 bits per heavy atom. The fourth-order valence-corrected chi connectivity index (χ4v) is 2.20. The second-order valence-electron chi connectivity index (χ2n) is 4.13. The number of rotatable bonds is 3. The Hall–Kier alpha value is -2.02. The van der Waals surface area contributed by atoms with E-state index in [9.17, 15) is 20.0 Å². The molecule has 9 heteroatoms. The van der Waals surface area contributed by atoms with Crippen molar-refractivity contribution in [2.45, 2.75) is 0 Å². The van der Waals surface area contributed by atoms with Gasteiger partial charge in [0.15, 0.2) is 0 Å². The average molecular weight is 362 g/mol. The number of nitrogens with zero attached hydrogens (tertiary/aromatic N) is 1. The van der Waals surface area contributed by atoms with Crippen LogP contribution in [0.2, 0.25) is 15.1 Å². The first-order valence-corrected chi connectivity index (χ1v) is 6.87. The van der Waals surface area contributed by atoms with Crippen molar-refractivity contribution >= 4 is 52.1 Å². The minimum atomic E-state index is -0.867. The molecule has 0 aliphatic carbocycles. The van der Waals surface area contributed by atoms with Crippen molar-refractivity contribution < 1.29 is 14.8 Å². The average Bonchev–Trinajstić information content (AvgIpc) is 2.42. The molecule has 2 aromatic rings. The number of hydrogen-bond acceptors (Lipinski definition) is 4. The van der Waals surface area contributed by atoms with E-state index in [4.69, 9.17) is 34.8 Å². The van der Waals surface area contributed by atoms with Crippen molar-refractivity contribution in [2.75, 3.05) is 5.32 Å². The lowest BCUT2D eigenvalue weighted by atomic mass is 10.1. The summed E-state index contributed by atoms with van der Waals surface area (Å²) in [6.07, 6.45) is 0. The molecule has 1 amide bonds. The molecule has 0 aliphatic rings. The quantitative estimate of drug-likeness (QED) is 0.621. The number of carbonyl (C=O) groups excluding carboxylic acids is 1. The van der Waals surface area contributed by atoms with Gasteiger partial charge in [0.05, 0.1) is 20.5 Å². The zero-order valence-electron chi connectivity index (χ0n) is 10.6. The van der Waals surface area contributed by atoms with Crippen LogP contribution >= 0.6 is 34.8 Å². The molecular weight excluding hydrogens is 355 g/mol. The lowest BCUT2D eigenvalue weighted by molar-refractivity contribution is -0.385. The molecule has 2 N–H and O–H groups in total. The molecule has 0 aromatic heterocycles. The number of nitro benzene ring substituents is 1. The summed E-state index contributed by atoms with van der Waals surface area (Å²) >= 11 is 17.2. The summed E-state index contributed by atoms with van der Waals surface area (Å²) in [6, 6.07) is 6.71. The summed E-state index contributed by atoms with van der Waals surface area (Å²) in [5.41, 5.74) is -0.706. The molecule has 0 spiro atoms. The number of halogens is 3. The Labute approximate surface area is 139 Å². The van der Waals surface area contributed by atoms with Crippen LogP contribution in [0.3, 0.4) is 0 Å². The molecule has 114 valence electrons. The lowest BCUT2D eigenvalue weighted by Gasteiger charge is -2.08. The summed E-state index contributed by atoms with van der Waals surface area (Å²) in [5.74, 6) is -1.56. The monoisotopic (exact) mass is 360 g/mol. The van der Waals surface area contributed by atoms with Gasteiger partial charge in [0, 0.05) is 5.69 Å². The van der Waals surface area contributed by atoms with Gasteiger partial charge in [-0.2, -0.15) is 0 Å². The summed E-state index contributed by atoms with van der Waals surface area (Å²) < 4.78 is 0. The molecule has 0 heterocycles. The highest BCUT2D eigenvalue weighted by Gasteiger charge is 2.25. The van der Waals surface area contributed by atoms with Gasteiger partial charge in [0.2, 0.25) is 5.75 Å². The summed E-state index contributed by atoms with van der Waals surface area (Å²) in [7, 11) is 0. The van der Waals surface area contributed by atoms with Crippen LogP contribution in [0.15, 0.2) is 30.3 Å². The van der Waals surface area contributed by atoms with Crippen molar-refractivity contribution in [3.63, 3.8) is 0 Å². The zero-order chi connectivity index (χ0) is 16.4. The molecule has 0 unspecified atom stereocenters. The van der Waals surface area contributed by atoms with Crippen LogP contribution in [0, 0.1) is 10.1 Å². The van der Waals surface area contributed by atoms with Gasteiger partial charge in [-0.15, -0.1) is 0 Å². The maximum Gasteiger partial charge on any atom is 0.329 e. The number of carbonyl (C=O) groups is 1. The van der Waals surface area contributed by atoms with E-state index >= 15 is 0 Å². The second kappa shape index (κ2) is 6.39. The van der Waals surface area contributed by atoms with E-state index in [1.54, 1.807) is 0 Å². The third-order valence-electron chi connectivity index (χ3n) is 2.71. The Bertz CT molecular complexity index is 780. The second-order valence-corrected chi connectivity index (χ2v) is 5.35. The molecule has 0 atom stereocenters. The number of anilines is 1. The molecule has 0 fully saturated rings. The van der Waals surface area contributed by atoms with Gasteiger partial charge in [0.25, 0.3) is 5.91 Å². The van der Waals surface area contributed by atoms with Crippen molar-refractivity contribution in [3.05, 3.63) is 61.1 Å². The molecule has 6 nitrogen and oxygen atoms in total. The number of phenolic OH excluding ortho intramolecular Hbond substituents is 1. The summed E-state index contributed by atoms with van der Waals surface area (Å²) in [5, 5.41) is 23.4. The fourth-order valence-electron chi connectivity index (χ4n) is 1.68. The van der Waals surface area contributed by atoms with E-state index in [-0.39, 0.29) is 15.6 Å². The van der Waals surface area contributed by atoms with E-state index in [1.807, 2.05) is 0 Å². The van der Waals surface area contributed by atoms with Crippen LogP contribution in [-0.2, 0) is 0 Å². The number of nitro groups is 1. The van der Waals surface area contributed by atoms with E-state index in [0.717, 1.165) is 6.07 Å². The predicted molar refractivity (Wildman–Crippen MR) is 84.2 cm³/mol. The molecule has 2 aromatic carbocycles. The van der Waals surface area contributed by atoms with E-state index in [2.05, 4.69) is 5.32 Å². The molecule has 0 saturated carbocycles. The first-order valence-electron chi connectivity index (χ1n) is 5.73. The minimum absolute atomic E-state index is 0.228. The minimum Gasteiger partial charge on any atom is -0.501 e. The molecule has 2 rings (SSSR count). The van der Waals surface area contributed by atoms with Gasteiger partial charge in [-0.3, -0.25) is 14.9 Å². The van der Waals surface area contributed by atoms with Crippen LogP contribution in [0.25, 0.3) is 0 Å². The number of aromatic hydroxyl groups is 1. The number of nitrogens with one attached hydrogen (secondary N) is 1. The highest BCUT2D eigenvalue weighted by Crippen LogP contribution is 2.37. The number of amides is 1. The van der Waals surface area contributed by atoms with Crippen molar-refractivity contribution in [1.29, 1.82) is 0 Å². The largest absolute Gasteiger partial charge is 0.501 e. The molecule has 0 saturated heterocycles. The van der Waals surface area contributed by atoms with Crippen LogP contribution in [0.4, 0.5) is 11.4 Å². The third-order valence-corrected chi connectivity index (χ3v) is 3.75. The van der Waals surface area contributed by atoms with Gasteiger partial charge in [-0.05, 0) is 30.3 Å². The Kier molecular flexibility index (Phi) is 4.75. The van der Waals surface area contributed by atoms with Gasteiger partial charge in [0.1, 0.15) is 5.02 Å². The Morgan fingerprint density at radius 2 is 1.73 bits per heavy atom. The number of hydrogen-bond donors (Lipinski definition) is 2. The van der Waals surface area contributed by atoms with E-state index in [1.165, 1.54) is 24.3 Å². The highest BCUT2D eigenvalue weighted by atomic mass is 35.5. The van der Waals surface area contributed by atoms with E-state index < -0.39 is 22.3 Å². The standard InChI is InChI=1S/C13H7Cl3N2O4/c14-8-3-1-6(5-10(8)16)17-13(20)7-2-4-9(15)11(12(7)19)18(21)22/h1-5,19H,(H,17,20). The van der Waals surface area contributed by atoms with E-state index in [0.29, 0.717) is 10.7 Å². The molecule has 0 radical (unpaired) electrons. The van der Waals surface area contributed by atoms with Gasteiger partial charge in [-0.25, -0.2) is 0 Å². The smallest absolute Gasteiger partial charge is 0.329 e. The maximum absolute atomic E-state index is 12.1.